The lowest BCUT2D eigenvalue weighted by molar-refractivity contribution is 0.212. The Kier molecular flexibility index (Phi) is 4.18. The van der Waals surface area contributed by atoms with Gasteiger partial charge in [0.15, 0.2) is 5.58 Å². The molecule has 0 saturated carbocycles. The van der Waals surface area contributed by atoms with Gasteiger partial charge in [-0.15, -0.1) is 0 Å². The maximum absolute atomic E-state index is 12.6. The van der Waals surface area contributed by atoms with E-state index in [4.69, 9.17) is 4.42 Å². The summed E-state index contributed by atoms with van der Waals surface area (Å²) >= 11 is 0. The number of nitrogens with zero attached hydrogens (tertiary/aromatic N) is 4. The van der Waals surface area contributed by atoms with E-state index in [1.807, 2.05) is 6.20 Å². The van der Waals surface area contributed by atoms with Crippen molar-refractivity contribution in [1.29, 1.82) is 0 Å². The molecule has 27 heavy (non-hydrogen) atoms. The van der Waals surface area contributed by atoms with Crippen molar-refractivity contribution >= 4 is 22.8 Å². The van der Waals surface area contributed by atoms with Crippen molar-refractivity contribution in [2.45, 2.75) is 33.4 Å². The predicted octanol–water partition coefficient (Wildman–Crippen LogP) is 2.67. The molecule has 0 saturated heterocycles. The quantitative estimate of drug-likeness (QED) is 0.768. The summed E-state index contributed by atoms with van der Waals surface area (Å²) < 4.78 is 6.59. The number of carbonyl (C=O) groups excluding carboxylic acids is 1. The van der Waals surface area contributed by atoms with E-state index in [1.54, 1.807) is 30.1 Å². The molecule has 1 aliphatic rings. The summed E-state index contributed by atoms with van der Waals surface area (Å²) in [5.74, 6) is 0.867. The summed E-state index contributed by atoms with van der Waals surface area (Å²) in [5.41, 5.74) is 3.57. The topological polar surface area (TPSA) is 93.3 Å². The fourth-order valence-corrected chi connectivity index (χ4v) is 3.22. The monoisotopic (exact) mass is 367 g/mol. The van der Waals surface area contributed by atoms with E-state index in [1.165, 1.54) is 4.57 Å². The molecule has 0 radical (unpaired) electrons. The highest BCUT2D eigenvalue weighted by atomic mass is 16.4. The second-order valence-corrected chi connectivity index (χ2v) is 7.25. The minimum absolute atomic E-state index is 0.226. The number of amides is 2. The Morgan fingerprint density at radius 3 is 2.93 bits per heavy atom. The summed E-state index contributed by atoms with van der Waals surface area (Å²) in [6.45, 7) is 5.19. The van der Waals surface area contributed by atoms with Gasteiger partial charge in [-0.2, -0.15) is 0 Å². The molecule has 0 spiro atoms. The SMILES string of the molecule is CC(C)Cc1ncc2c(n1)CN(C(=O)Nc1ccc3c(c1)oc(=O)n3C)C2. The Balaban J connectivity index is 1.48. The van der Waals surface area contributed by atoms with Crippen LogP contribution in [-0.4, -0.2) is 25.5 Å². The second-order valence-electron chi connectivity index (χ2n) is 7.25. The summed E-state index contributed by atoms with van der Waals surface area (Å²) in [6.07, 6.45) is 2.64. The van der Waals surface area contributed by atoms with Gasteiger partial charge in [0.05, 0.1) is 24.3 Å². The number of oxazole rings is 1. The molecule has 3 aromatic rings. The molecule has 2 aromatic heterocycles. The third-order valence-corrected chi connectivity index (χ3v) is 4.63. The van der Waals surface area contributed by atoms with Crippen LogP contribution in [0.4, 0.5) is 10.5 Å². The Morgan fingerprint density at radius 1 is 1.33 bits per heavy atom. The molecule has 4 rings (SSSR count). The molecule has 0 unspecified atom stereocenters. The van der Waals surface area contributed by atoms with Crippen LogP contribution in [0.15, 0.2) is 33.6 Å². The van der Waals surface area contributed by atoms with Crippen molar-refractivity contribution in [3.8, 4) is 0 Å². The van der Waals surface area contributed by atoms with Crippen LogP contribution in [-0.2, 0) is 26.6 Å². The van der Waals surface area contributed by atoms with Crippen molar-refractivity contribution < 1.29 is 9.21 Å². The smallest absolute Gasteiger partial charge is 0.408 e. The first-order chi connectivity index (χ1) is 12.9. The van der Waals surface area contributed by atoms with E-state index in [0.29, 0.717) is 35.8 Å². The van der Waals surface area contributed by atoms with Crippen molar-refractivity contribution in [3.05, 3.63) is 52.0 Å². The highest BCUT2D eigenvalue weighted by molar-refractivity contribution is 5.91. The van der Waals surface area contributed by atoms with Gasteiger partial charge in [0.25, 0.3) is 0 Å². The Labute approximate surface area is 155 Å². The van der Waals surface area contributed by atoms with Crippen molar-refractivity contribution in [1.82, 2.24) is 19.4 Å². The standard InChI is InChI=1S/C19H21N5O3/c1-11(2)6-17-20-8-12-9-24(10-14(12)22-17)18(25)21-13-4-5-15-16(7-13)27-19(26)23(15)3/h4-5,7-8,11H,6,9-10H2,1-3H3,(H,21,25). The first kappa shape index (κ1) is 17.3. The minimum atomic E-state index is -0.431. The van der Waals surface area contributed by atoms with Crippen LogP contribution in [0.3, 0.4) is 0 Å². The van der Waals surface area contributed by atoms with Crippen LogP contribution in [0.25, 0.3) is 11.1 Å². The first-order valence-corrected chi connectivity index (χ1v) is 8.90. The van der Waals surface area contributed by atoms with Crippen LogP contribution in [0.1, 0.15) is 30.9 Å². The summed E-state index contributed by atoms with van der Waals surface area (Å²) in [6, 6.07) is 4.92. The molecule has 1 aromatic carbocycles. The van der Waals surface area contributed by atoms with Gasteiger partial charge >= 0.3 is 11.8 Å². The number of nitrogens with one attached hydrogen (secondary N) is 1. The van der Waals surface area contributed by atoms with E-state index in [2.05, 4.69) is 29.1 Å². The lowest BCUT2D eigenvalue weighted by atomic mass is 10.1. The maximum atomic E-state index is 12.6. The van der Waals surface area contributed by atoms with Crippen molar-refractivity contribution in [2.75, 3.05) is 5.32 Å². The molecule has 0 atom stereocenters. The number of anilines is 1. The van der Waals surface area contributed by atoms with Crippen LogP contribution in [0, 0.1) is 5.92 Å². The zero-order valence-electron chi connectivity index (χ0n) is 15.5. The molecular formula is C19H21N5O3. The number of urea groups is 1. The van der Waals surface area contributed by atoms with E-state index in [-0.39, 0.29) is 6.03 Å². The fraction of sp³-hybridized carbons (Fsp3) is 0.368. The van der Waals surface area contributed by atoms with E-state index >= 15 is 0 Å². The zero-order chi connectivity index (χ0) is 19.1. The van der Waals surface area contributed by atoms with E-state index in [0.717, 1.165) is 23.5 Å². The lowest BCUT2D eigenvalue weighted by Crippen LogP contribution is -2.30. The number of hydrogen-bond donors (Lipinski definition) is 1. The number of rotatable bonds is 3. The number of aromatic nitrogens is 3. The summed E-state index contributed by atoms with van der Waals surface area (Å²) in [4.78, 5) is 34.9. The molecule has 3 heterocycles. The van der Waals surface area contributed by atoms with Gasteiger partial charge in [0, 0.05) is 37.0 Å². The third-order valence-electron chi connectivity index (χ3n) is 4.63. The van der Waals surface area contributed by atoms with Gasteiger partial charge in [0.1, 0.15) is 5.82 Å². The Hall–Kier alpha value is -3.16. The van der Waals surface area contributed by atoms with Gasteiger partial charge in [-0.05, 0) is 18.1 Å². The molecule has 1 aliphatic heterocycles. The van der Waals surface area contributed by atoms with Crippen LogP contribution in [0.5, 0.6) is 0 Å². The number of aryl methyl sites for hydroxylation is 1. The molecule has 0 bridgehead atoms. The number of fused-ring (bicyclic) bond motifs is 2. The van der Waals surface area contributed by atoms with Crippen molar-refractivity contribution in [2.24, 2.45) is 13.0 Å². The first-order valence-electron chi connectivity index (χ1n) is 8.90. The van der Waals surface area contributed by atoms with E-state index < -0.39 is 5.76 Å². The average Bonchev–Trinajstić information content (AvgIpc) is 3.15. The number of carbonyl (C=O) groups is 1. The molecule has 2 amide bonds. The van der Waals surface area contributed by atoms with Crippen LogP contribution >= 0.6 is 0 Å². The Bertz CT molecular complexity index is 1080. The van der Waals surface area contributed by atoms with Gasteiger partial charge in [-0.1, -0.05) is 13.8 Å². The molecule has 1 N–H and O–H groups in total. The highest BCUT2D eigenvalue weighted by Crippen LogP contribution is 2.23. The lowest BCUT2D eigenvalue weighted by Gasteiger charge is -2.16. The summed E-state index contributed by atoms with van der Waals surface area (Å²) in [7, 11) is 1.64. The normalized spacial score (nSPS) is 13.4. The number of benzene rings is 1. The summed E-state index contributed by atoms with van der Waals surface area (Å²) in [5, 5.41) is 2.85. The van der Waals surface area contributed by atoms with Crippen molar-refractivity contribution in [3.63, 3.8) is 0 Å². The Morgan fingerprint density at radius 2 is 2.15 bits per heavy atom. The molecule has 0 fully saturated rings. The highest BCUT2D eigenvalue weighted by Gasteiger charge is 2.25. The van der Waals surface area contributed by atoms with Gasteiger partial charge in [0.2, 0.25) is 0 Å². The second kappa shape index (κ2) is 6.53. The molecule has 8 heteroatoms. The largest absolute Gasteiger partial charge is 0.419 e. The minimum Gasteiger partial charge on any atom is -0.408 e. The predicted molar refractivity (Wildman–Crippen MR) is 100 cm³/mol. The van der Waals surface area contributed by atoms with Gasteiger partial charge in [-0.25, -0.2) is 19.6 Å². The van der Waals surface area contributed by atoms with Gasteiger partial charge < -0.3 is 14.6 Å². The zero-order valence-corrected chi connectivity index (χ0v) is 15.5. The molecule has 140 valence electrons. The maximum Gasteiger partial charge on any atom is 0.419 e. The van der Waals surface area contributed by atoms with Gasteiger partial charge in [-0.3, -0.25) is 4.57 Å². The molecule has 0 aliphatic carbocycles. The molecular weight excluding hydrogens is 346 g/mol. The van der Waals surface area contributed by atoms with E-state index in [9.17, 15) is 9.59 Å². The molecule has 8 nitrogen and oxygen atoms in total. The van der Waals surface area contributed by atoms with Crippen LogP contribution < -0.4 is 11.1 Å². The third kappa shape index (κ3) is 3.30. The fourth-order valence-electron chi connectivity index (χ4n) is 3.22. The number of hydrogen-bond acceptors (Lipinski definition) is 5. The average molecular weight is 367 g/mol. The van der Waals surface area contributed by atoms with Crippen LogP contribution in [0.2, 0.25) is 0 Å².